The minimum absolute atomic E-state index is 0.0233. The number of phenols is 1. The highest BCUT2D eigenvalue weighted by molar-refractivity contribution is 5.98. The number of carboxylic acid groups (broad SMARTS) is 3. The summed E-state index contributed by atoms with van der Waals surface area (Å²) in [5.41, 5.74) is 17.6. The second-order valence-electron chi connectivity index (χ2n) is 16.9. The van der Waals surface area contributed by atoms with E-state index in [0.29, 0.717) is 24.0 Å². The number of aliphatic carboxylic acids is 3. The fraction of sp³-hybridized carbons (Fsp3) is 0.500. The van der Waals surface area contributed by atoms with Crippen LogP contribution in [-0.2, 0) is 65.6 Å². The van der Waals surface area contributed by atoms with Crippen molar-refractivity contribution in [3.8, 4) is 5.75 Å². The van der Waals surface area contributed by atoms with Gasteiger partial charge in [0.15, 0.2) is 0 Å². The van der Waals surface area contributed by atoms with E-state index in [1.54, 1.807) is 30.3 Å². The van der Waals surface area contributed by atoms with Crippen LogP contribution in [-0.4, -0.2) is 152 Å². The Bertz CT molecular complexity index is 2200. The Balaban J connectivity index is 2.52. The second kappa shape index (κ2) is 30.8. The molecule has 0 bridgehead atoms. The number of aliphatic hydroxyl groups excluding tert-OH is 1. The number of primary amides is 1. The van der Waals surface area contributed by atoms with Gasteiger partial charge in [-0.3, -0.25) is 52.7 Å². The average molecular weight is 1020 g/mol. The van der Waals surface area contributed by atoms with Crippen molar-refractivity contribution >= 4 is 65.2 Å². The molecule has 2 aromatic rings. The van der Waals surface area contributed by atoms with E-state index >= 15 is 0 Å². The van der Waals surface area contributed by atoms with Crippen molar-refractivity contribution in [3.63, 3.8) is 0 Å². The molecule has 72 heavy (non-hydrogen) atoms. The number of benzene rings is 2. The summed E-state index contributed by atoms with van der Waals surface area (Å²) in [6.45, 7) is 2.65. The SMILES string of the molecule is C[C@H](NC(=O)[C@H](Cc1ccc(O)cc1)NC(=O)[C@H](Cc1ccccc1)NC(=O)[C@H](CCC(=O)O)NC(=O)[C@H](CCC(=O)O)NC(=O)[C@H](CCC(N)=O)NC(=O)[C@H](CCCCN)NC(=O)[C@@H](N)[C@@H](C)O)C(=O)O. The maximum absolute atomic E-state index is 14.2. The third-order valence-electron chi connectivity index (χ3n) is 10.9. The fourth-order valence-corrected chi connectivity index (χ4v) is 6.75. The molecule has 26 nitrogen and oxygen atoms in total. The molecule has 0 heterocycles. The standard InChI is InChI=1S/C46H66N10O16/c1-24(46(71)72)50-43(68)33(23-27-11-13-28(58)14-12-27)56-44(69)34(22-26-8-4-3-5-9-26)55-42(67)32(17-20-37(62)63)53-41(66)31(16-19-36(60)61)52-40(65)30(15-18-35(48)59)51-39(64)29(10-6-7-21-47)54-45(70)38(49)25(2)57/h3-5,8-9,11-14,24-25,29-34,38,57-58H,6-7,10,15-23,47,49H2,1-2H3,(H2,48,59)(H,50,68)(H,51,64)(H,52,65)(H,53,66)(H,54,70)(H,55,67)(H,56,69)(H,60,61)(H,62,63)(H,71,72)/t24-,25+,29-,30-,31-,32-,33-,34-,38-/m0/s1. The van der Waals surface area contributed by atoms with Gasteiger partial charge in [-0.1, -0.05) is 42.5 Å². The number of carboxylic acids is 3. The van der Waals surface area contributed by atoms with Gasteiger partial charge in [0.2, 0.25) is 47.3 Å². The number of unbranched alkanes of at least 4 members (excludes halogenated alkanes) is 1. The first kappa shape index (κ1) is 60.4. The minimum atomic E-state index is -1.82. The van der Waals surface area contributed by atoms with E-state index in [0.717, 1.165) is 0 Å². The highest BCUT2D eigenvalue weighted by Crippen LogP contribution is 2.14. The number of rotatable bonds is 33. The molecule has 8 amide bonds. The largest absolute Gasteiger partial charge is 0.508 e. The molecule has 18 N–H and O–H groups in total. The Morgan fingerprint density at radius 3 is 1.28 bits per heavy atom. The summed E-state index contributed by atoms with van der Waals surface area (Å²) in [6, 6.07) is 1.14. The van der Waals surface area contributed by atoms with Gasteiger partial charge in [0.05, 0.1) is 6.10 Å². The van der Waals surface area contributed by atoms with Gasteiger partial charge in [-0.2, -0.15) is 0 Å². The van der Waals surface area contributed by atoms with Crippen LogP contribution in [0.4, 0.5) is 0 Å². The van der Waals surface area contributed by atoms with Crippen LogP contribution < -0.4 is 54.4 Å². The number of nitrogens with two attached hydrogens (primary N) is 3. The highest BCUT2D eigenvalue weighted by Gasteiger charge is 2.35. The van der Waals surface area contributed by atoms with Crippen LogP contribution >= 0.6 is 0 Å². The monoisotopic (exact) mass is 1010 g/mol. The Hall–Kier alpha value is -7.71. The Morgan fingerprint density at radius 2 is 0.875 bits per heavy atom. The normalized spacial score (nSPS) is 14.7. The van der Waals surface area contributed by atoms with E-state index in [9.17, 15) is 78.3 Å². The number of hydrogen-bond donors (Lipinski definition) is 15. The topological polar surface area (TPSA) is 451 Å². The number of carbonyl (C=O) groups excluding carboxylic acids is 8. The summed E-state index contributed by atoms with van der Waals surface area (Å²) >= 11 is 0. The molecule has 0 fully saturated rings. The van der Waals surface area contributed by atoms with Gasteiger partial charge in [0, 0.05) is 32.1 Å². The molecule has 0 aliphatic carbocycles. The summed E-state index contributed by atoms with van der Waals surface area (Å²) in [5.74, 6) is -12.6. The van der Waals surface area contributed by atoms with E-state index in [1.807, 2.05) is 0 Å². The summed E-state index contributed by atoms with van der Waals surface area (Å²) in [4.78, 5) is 143. The third kappa shape index (κ3) is 22.4. The van der Waals surface area contributed by atoms with E-state index in [4.69, 9.17) is 17.2 Å². The van der Waals surface area contributed by atoms with Crippen molar-refractivity contribution in [1.82, 2.24) is 37.2 Å². The molecule has 0 aliphatic heterocycles. The Labute approximate surface area is 414 Å². The molecular formula is C46H66N10O16. The van der Waals surface area contributed by atoms with Crippen LogP contribution in [0.15, 0.2) is 54.6 Å². The number of amides is 8. The van der Waals surface area contributed by atoms with Gasteiger partial charge in [0.25, 0.3) is 0 Å². The zero-order valence-corrected chi connectivity index (χ0v) is 39.8. The molecule has 2 aromatic carbocycles. The maximum Gasteiger partial charge on any atom is 0.325 e. The third-order valence-corrected chi connectivity index (χ3v) is 10.9. The molecule has 0 aliphatic rings. The van der Waals surface area contributed by atoms with Crippen molar-refractivity contribution < 1.29 is 78.3 Å². The first-order valence-electron chi connectivity index (χ1n) is 22.9. The van der Waals surface area contributed by atoms with Gasteiger partial charge >= 0.3 is 17.9 Å². The van der Waals surface area contributed by atoms with Crippen LogP contribution in [0.1, 0.15) is 82.8 Å². The summed E-state index contributed by atoms with van der Waals surface area (Å²) in [7, 11) is 0. The Morgan fingerprint density at radius 1 is 0.500 bits per heavy atom. The molecule has 0 aromatic heterocycles. The molecule has 0 saturated carbocycles. The zero-order valence-electron chi connectivity index (χ0n) is 39.8. The van der Waals surface area contributed by atoms with E-state index < -0.39 is 158 Å². The van der Waals surface area contributed by atoms with Gasteiger partial charge < -0.3 is 80.0 Å². The van der Waals surface area contributed by atoms with Crippen LogP contribution in [0.25, 0.3) is 0 Å². The number of phenolic OH excluding ortho intramolecular Hbond substituents is 1. The molecule has 0 spiro atoms. The average Bonchev–Trinajstić information content (AvgIpc) is 3.32. The smallest absolute Gasteiger partial charge is 0.325 e. The molecule has 2 rings (SSSR count). The van der Waals surface area contributed by atoms with Crippen LogP contribution in [0.2, 0.25) is 0 Å². The predicted molar refractivity (Wildman–Crippen MR) is 254 cm³/mol. The van der Waals surface area contributed by atoms with Crippen LogP contribution in [0.5, 0.6) is 5.75 Å². The lowest BCUT2D eigenvalue weighted by Crippen LogP contribution is -2.60. The molecule has 396 valence electrons. The molecule has 9 atom stereocenters. The lowest BCUT2D eigenvalue weighted by Gasteiger charge is -2.28. The van der Waals surface area contributed by atoms with E-state index in [1.165, 1.54) is 38.1 Å². The summed E-state index contributed by atoms with van der Waals surface area (Å²) in [6.07, 6.45) is -4.85. The van der Waals surface area contributed by atoms with Crippen LogP contribution in [0.3, 0.4) is 0 Å². The predicted octanol–water partition coefficient (Wildman–Crippen LogP) is -3.49. The molecular weight excluding hydrogens is 949 g/mol. The highest BCUT2D eigenvalue weighted by atomic mass is 16.4. The van der Waals surface area contributed by atoms with Crippen molar-refractivity contribution in [2.75, 3.05) is 6.54 Å². The van der Waals surface area contributed by atoms with Crippen molar-refractivity contribution in [2.45, 2.75) is 139 Å². The quantitative estimate of drug-likeness (QED) is 0.0309. The minimum Gasteiger partial charge on any atom is -0.508 e. The van der Waals surface area contributed by atoms with Crippen molar-refractivity contribution in [2.24, 2.45) is 17.2 Å². The first-order valence-corrected chi connectivity index (χ1v) is 22.9. The number of nitrogens with one attached hydrogen (secondary N) is 7. The van der Waals surface area contributed by atoms with Gasteiger partial charge in [-0.05, 0) is 82.2 Å². The van der Waals surface area contributed by atoms with Crippen LogP contribution in [0, 0.1) is 0 Å². The lowest BCUT2D eigenvalue weighted by atomic mass is 10.0. The first-order chi connectivity index (χ1) is 33.9. The molecule has 26 heteroatoms. The fourth-order valence-electron chi connectivity index (χ4n) is 6.75. The maximum atomic E-state index is 14.2. The summed E-state index contributed by atoms with van der Waals surface area (Å²) < 4.78 is 0. The van der Waals surface area contributed by atoms with Gasteiger partial charge in [0.1, 0.15) is 54.1 Å². The van der Waals surface area contributed by atoms with Crippen molar-refractivity contribution in [3.05, 3.63) is 65.7 Å². The second-order valence-corrected chi connectivity index (χ2v) is 16.9. The van der Waals surface area contributed by atoms with Gasteiger partial charge in [-0.25, -0.2) is 0 Å². The number of aliphatic hydroxyl groups is 1. The summed E-state index contributed by atoms with van der Waals surface area (Å²) in [5, 5.41) is 64.9. The Kier molecular flexibility index (Phi) is 25.8. The molecule has 0 saturated heterocycles. The molecule has 0 radical (unpaired) electrons. The zero-order chi connectivity index (χ0) is 54.1. The molecule has 0 unspecified atom stereocenters. The lowest BCUT2D eigenvalue weighted by molar-refractivity contribution is -0.142. The van der Waals surface area contributed by atoms with Crippen molar-refractivity contribution in [1.29, 1.82) is 0 Å². The number of hydrogen-bond acceptors (Lipinski definition) is 15. The van der Waals surface area contributed by atoms with E-state index in [-0.39, 0.29) is 31.6 Å². The van der Waals surface area contributed by atoms with E-state index in [2.05, 4.69) is 37.2 Å². The van der Waals surface area contributed by atoms with Gasteiger partial charge in [-0.15, -0.1) is 0 Å². The number of carbonyl (C=O) groups is 11. The number of aromatic hydroxyl groups is 1.